The van der Waals surface area contributed by atoms with Gasteiger partial charge >= 0.3 is 5.97 Å². The maximum atomic E-state index is 12.4. The Bertz CT molecular complexity index is 1180. The molecule has 0 aliphatic rings. The number of oxime groups is 1. The summed E-state index contributed by atoms with van der Waals surface area (Å²) in [5.41, 5.74) is 7.99. The lowest BCUT2D eigenvalue weighted by Gasteiger charge is -2.16. The van der Waals surface area contributed by atoms with Crippen molar-refractivity contribution in [3.8, 4) is 0 Å². The van der Waals surface area contributed by atoms with E-state index in [-0.39, 0.29) is 23.8 Å². The summed E-state index contributed by atoms with van der Waals surface area (Å²) in [6.07, 6.45) is -0.114. The maximum absolute atomic E-state index is 12.4. The molecule has 0 heterocycles. The topological polar surface area (TPSA) is 184 Å². The fourth-order valence-electron chi connectivity index (χ4n) is 2.75. The minimum atomic E-state index is -4.08. The Morgan fingerprint density at radius 3 is 2.41 bits per heavy atom. The monoisotopic (exact) mass is 489 g/mol. The molecule has 0 radical (unpaired) electrons. The standard InChI is InChI=1S/C22H27N5O6S/c1-14-4-3-5-18(12-14)34(31,32)27-19(22(29)30)13-25-20(28)10-11-33-26-15(2)16-6-8-17(9-7-16)21(23)24/h3-9,12,19,27H,10-11,13H2,1-2H3,(H3,23,24)(H,25,28)(H,29,30)/t19-/m0/s1. The minimum absolute atomic E-state index is 0.0449. The third-order valence-corrected chi connectivity index (χ3v) is 6.10. The van der Waals surface area contributed by atoms with Gasteiger partial charge in [0.1, 0.15) is 18.5 Å². The third-order valence-electron chi connectivity index (χ3n) is 4.63. The van der Waals surface area contributed by atoms with Crippen LogP contribution in [0.4, 0.5) is 0 Å². The molecule has 11 nitrogen and oxygen atoms in total. The van der Waals surface area contributed by atoms with Crippen LogP contribution >= 0.6 is 0 Å². The highest BCUT2D eigenvalue weighted by atomic mass is 32.2. The van der Waals surface area contributed by atoms with E-state index in [1.807, 2.05) is 0 Å². The number of hydrogen-bond acceptors (Lipinski definition) is 7. The van der Waals surface area contributed by atoms with Crippen LogP contribution < -0.4 is 15.8 Å². The van der Waals surface area contributed by atoms with E-state index in [9.17, 15) is 23.1 Å². The maximum Gasteiger partial charge on any atom is 0.323 e. The molecule has 0 aromatic heterocycles. The van der Waals surface area contributed by atoms with Gasteiger partial charge in [-0.05, 0) is 37.1 Å². The van der Waals surface area contributed by atoms with Gasteiger partial charge in [0.05, 0.1) is 17.0 Å². The van der Waals surface area contributed by atoms with Crippen LogP contribution in [-0.2, 0) is 24.4 Å². The first kappa shape index (κ1) is 26.5. The van der Waals surface area contributed by atoms with Crippen LogP contribution in [0, 0.1) is 12.3 Å². The number of nitrogens with one attached hydrogen (secondary N) is 3. The molecular formula is C22H27N5O6S. The number of aliphatic carboxylic acids is 1. The van der Waals surface area contributed by atoms with Crippen molar-refractivity contribution in [3.63, 3.8) is 0 Å². The van der Waals surface area contributed by atoms with Gasteiger partial charge in [-0.25, -0.2) is 8.42 Å². The number of amidine groups is 1. The Labute approximate surface area is 197 Å². The highest BCUT2D eigenvalue weighted by Crippen LogP contribution is 2.11. The van der Waals surface area contributed by atoms with E-state index in [4.69, 9.17) is 16.0 Å². The number of carboxylic acids is 1. The molecule has 2 rings (SSSR count). The van der Waals surface area contributed by atoms with E-state index < -0.39 is 34.5 Å². The molecule has 0 bridgehead atoms. The number of nitrogens with zero attached hydrogens (tertiary/aromatic N) is 1. The van der Waals surface area contributed by atoms with Crippen LogP contribution in [0.3, 0.4) is 0 Å². The van der Waals surface area contributed by atoms with Crippen LogP contribution in [-0.4, -0.2) is 56.1 Å². The molecule has 1 amide bonds. The second kappa shape index (κ2) is 11.9. The Morgan fingerprint density at radius 1 is 1.18 bits per heavy atom. The van der Waals surface area contributed by atoms with Crippen molar-refractivity contribution < 1.29 is 28.0 Å². The van der Waals surface area contributed by atoms with Crippen molar-refractivity contribution in [2.75, 3.05) is 13.2 Å². The molecule has 0 fully saturated rings. The number of amides is 1. The van der Waals surface area contributed by atoms with Gasteiger partial charge < -0.3 is 21.0 Å². The summed E-state index contributed by atoms with van der Waals surface area (Å²) in [7, 11) is -4.08. The highest BCUT2D eigenvalue weighted by Gasteiger charge is 2.26. The average molecular weight is 490 g/mol. The van der Waals surface area contributed by atoms with Crippen molar-refractivity contribution in [3.05, 3.63) is 65.2 Å². The lowest BCUT2D eigenvalue weighted by molar-refractivity contribution is -0.138. The SMILES string of the molecule is CC(=NOCCC(=O)NC[C@H](NS(=O)(=O)c1cccc(C)c1)C(=O)O)c1ccc(C(=N)N)cc1. The summed E-state index contributed by atoms with van der Waals surface area (Å²) >= 11 is 0. The van der Waals surface area contributed by atoms with Gasteiger partial charge in [0, 0.05) is 12.1 Å². The van der Waals surface area contributed by atoms with Crippen molar-refractivity contribution >= 4 is 33.4 Å². The van der Waals surface area contributed by atoms with Gasteiger partial charge in [-0.1, -0.05) is 41.6 Å². The van der Waals surface area contributed by atoms with Crippen LogP contribution in [0.2, 0.25) is 0 Å². The quantitative estimate of drug-likeness (QED) is 0.127. The molecule has 1 atom stereocenters. The number of benzene rings is 2. The second-order valence-corrected chi connectivity index (χ2v) is 9.10. The minimum Gasteiger partial charge on any atom is -0.480 e. The molecule has 2 aromatic carbocycles. The highest BCUT2D eigenvalue weighted by molar-refractivity contribution is 7.89. The molecule has 0 spiro atoms. The Kier molecular flexibility index (Phi) is 9.27. The summed E-state index contributed by atoms with van der Waals surface area (Å²) < 4.78 is 27.0. The largest absolute Gasteiger partial charge is 0.480 e. The number of rotatable bonds is 12. The Morgan fingerprint density at radius 2 is 1.82 bits per heavy atom. The number of nitrogen functional groups attached to an aromatic ring is 1. The molecule has 0 aliphatic carbocycles. The molecule has 0 unspecified atom stereocenters. The zero-order chi connectivity index (χ0) is 25.3. The average Bonchev–Trinajstić information content (AvgIpc) is 2.79. The lowest BCUT2D eigenvalue weighted by atomic mass is 10.1. The number of aryl methyl sites for hydroxylation is 1. The Balaban J connectivity index is 1.83. The normalized spacial score (nSPS) is 12.6. The van der Waals surface area contributed by atoms with Gasteiger partial charge in [-0.3, -0.25) is 15.0 Å². The van der Waals surface area contributed by atoms with Gasteiger partial charge in [-0.2, -0.15) is 4.72 Å². The van der Waals surface area contributed by atoms with Crippen molar-refractivity contribution in [1.82, 2.24) is 10.0 Å². The van der Waals surface area contributed by atoms with E-state index in [0.717, 1.165) is 5.56 Å². The van der Waals surface area contributed by atoms with Gasteiger partial charge in [0.25, 0.3) is 0 Å². The fourth-order valence-corrected chi connectivity index (χ4v) is 4.04. The fraction of sp³-hybridized carbons (Fsp3) is 0.273. The third kappa shape index (κ3) is 7.98. The summed E-state index contributed by atoms with van der Waals surface area (Å²) in [5, 5.41) is 23.0. The summed E-state index contributed by atoms with van der Waals surface area (Å²) in [6, 6.07) is 11.3. The first-order valence-corrected chi connectivity index (χ1v) is 11.7. The van der Waals surface area contributed by atoms with Crippen LogP contribution in [0.5, 0.6) is 0 Å². The zero-order valence-corrected chi connectivity index (χ0v) is 19.6. The van der Waals surface area contributed by atoms with Crippen molar-refractivity contribution in [2.45, 2.75) is 31.2 Å². The van der Waals surface area contributed by atoms with Gasteiger partial charge in [-0.15, -0.1) is 0 Å². The second-order valence-electron chi connectivity index (χ2n) is 7.38. The van der Waals surface area contributed by atoms with E-state index in [1.54, 1.807) is 50.2 Å². The van der Waals surface area contributed by atoms with Crippen LogP contribution in [0.1, 0.15) is 30.0 Å². The molecule has 182 valence electrons. The molecule has 0 saturated carbocycles. The predicted octanol–water partition coefficient (Wildman–Crippen LogP) is 0.958. The van der Waals surface area contributed by atoms with Crippen molar-refractivity contribution in [1.29, 1.82) is 5.41 Å². The number of nitrogens with two attached hydrogens (primary N) is 1. The van der Waals surface area contributed by atoms with Gasteiger partial charge in [0.15, 0.2) is 0 Å². The van der Waals surface area contributed by atoms with Crippen LogP contribution in [0.25, 0.3) is 0 Å². The molecule has 6 N–H and O–H groups in total. The summed E-state index contributed by atoms with van der Waals surface area (Å²) in [5.74, 6) is -2.00. The van der Waals surface area contributed by atoms with E-state index >= 15 is 0 Å². The first-order valence-electron chi connectivity index (χ1n) is 10.2. The number of carbonyl (C=O) groups excluding carboxylic acids is 1. The summed E-state index contributed by atoms with van der Waals surface area (Å²) in [6.45, 7) is 2.91. The molecular weight excluding hydrogens is 462 g/mol. The molecule has 2 aromatic rings. The smallest absolute Gasteiger partial charge is 0.323 e. The van der Waals surface area contributed by atoms with E-state index in [2.05, 4.69) is 15.2 Å². The van der Waals surface area contributed by atoms with Gasteiger partial charge in [0.2, 0.25) is 15.9 Å². The molecule has 12 heteroatoms. The van der Waals surface area contributed by atoms with E-state index in [1.165, 1.54) is 12.1 Å². The van der Waals surface area contributed by atoms with Crippen LogP contribution in [0.15, 0.2) is 58.6 Å². The number of carboxylic acid groups (broad SMARTS) is 1. The number of carbonyl (C=O) groups is 2. The first-order chi connectivity index (χ1) is 16.0. The number of hydrogen-bond donors (Lipinski definition) is 5. The Hall–Kier alpha value is -3.77. The summed E-state index contributed by atoms with van der Waals surface area (Å²) in [4.78, 5) is 28.6. The van der Waals surface area contributed by atoms with E-state index in [0.29, 0.717) is 16.8 Å². The zero-order valence-electron chi connectivity index (χ0n) is 18.7. The molecule has 0 saturated heterocycles. The predicted molar refractivity (Wildman–Crippen MR) is 126 cm³/mol. The number of sulfonamides is 1. The lowest BCUT2D eigenvalue weighted by Crippen LogP contribution is -2.48. The molecule has 34 heavy (non-hydrogen) atoms. The molecule has 0 aliphatic heterocycles. The van der Waals surface area contributed by atoms with Crippen molar-refractivity contribution in [2.24, 2.45) is 10.9 Å².